The van der Waals surface area contributed by atoms with E-state index in [0.29, 0.717) is 19.1 Å². The summed E-state index contributed by atoms with van der Waals surface area (Å²) in [6, 6.07) is 0.361. The smallest absolute Gasteiger partial charge is 0.236 e. The van der Waals surface area contributed by atoms with Gasteiger partial charge in [-0.2, -0.15) is 0 Å². The highest BCUT2D eigenvalue weighted by Gasteiger charge is 2.26. The molecular weight excluding hydrogens is 156 g/mol. The van der Waals surface area contributed by atoms with Crippen LogP contribution >= 0.6 is 0 Å². The lowest BCUT2D eigenvalue weighted by Crippen LogP contribution is -2.54. The predicted octanol–water partition coefficient (Wildman–Crippen LogP) is -0.859. The van der Waals surface area contributed by atoms with Gasteiger partial charge in [-0.15, -0.1) is 0 Å². The van der Waals surface area contributed by atoms with Crippen LogP contribution in [0.15, 0.2) is 0 Å². The molecule has 1 heterocycles. The Hall–Kier alpha value is -0.610. The number of hydrogen-bond acceptors (Lipinski definition) is 3. The zero-order valence-electron chi connectivity index (χ0n) is 7.66. The predicted molar refractivity (Wildman–Crippen MR) is 45.8 cm³/mol. The molecule has 1 aliphatic heterocycles. The highest BCUT2D eigenvalue weighted by atomic mass is 16.3. The van der Waals surface area contributed by atoms with Gasteiger partial charge in [-0.1, -0.05) is 0 Å². The van der Waals surface area contributed by atoms with Crippen molar-refractivity contribution in [3.05, 3.63) is 0 Å². The van der Waals surface area contributed by atoms with Crippen LogP contribution in [0.5, 0.6) is 0 Å². The Morgan fingerprint density at radius 3 is 2.92 bits per heavy atom. The molecule has 1 N–H and O–H groups in total. The monoisotopic (exact) mass is 172 g/mol. The van der Waals surface area contributed by atoms with Crippen molar-refractivity contribution >= 4 is 5.91 Å². The molecule has 0 bridgehead atoms. The fourth-order valence-electron chi connectivity index (χ4n) is 1.49. The molecule has 4 heteroatoms. The molecule has 0 radical (unpaired) electrons. The number of carbonyl (C=O) groups is 1. The first-order chi connectivity index (χ1) is 5.65. The Morgan fingerprint density at radius 1 is 1.67 bits per heavy atom. The fraction of sp³-hybridized carbons (Fsp3) is 0.875. The summed E-state index contributed by atoms with van der Waals surface area (Å²) in [5, 5.41) is 8.72. The molecule has 4 nitrogen and oxygen atoms in total. The van der Waals surface area contributed by atoms with E-state index < -0.39 is 0 Å². The third-order valence-corrected chi connectivity index (χ3v) is 2.31. The van der Waals surface area contributed by atoms with Crippen LogP contribution in [0.25, 0.3) is 0 Å². The molecule has 0 spiro atoms. The Balaban J connectivity index is 2.49. The van der Waals surface area contributed by atoms with E-state index in [1.54, 1.807) is 4.90 Å². The number of nitrogens with zero attached hydrogens (tertiary/aromatic N) is 2. The molecule has 0 saturated carbocycles. The van der Waals surface area contributed by atoms with Crippen LogP contribution in [0.3, 0.4) is 0 Å². The first-order valence-electron chi connectivity index (χ1n) is 4.24. The maximum atomic E-state index is 11.2. The number of hydrogen-bond donors (Lipinski definition) is 1. The van der Waals surface area contributed by atoms with E-state index >= 15 is 0 Å². The third kappa shape index (κ3) is 1.95. The van der Waals surface area contributed by atoms with Crippen LogP contribution < -0.4 is 0 Å². The summed E-state index contributed by atoms with van der Waals surface area (Å²) in [5.41, 5.74) is 0. The van der Waals surface area contributed by atoms with Crippen molar-refractivity contribution in [2.75, 3.05) is 33.3 Å². The standard InChI is InChI=1S/C8H16N2O2/c1-7-5-9(2)8(12)6-10(7)3-4-11/h7,11H,3-6H2,1-2H3. The minimum Gasteiger partial charge on any atom is -0.395 e. The Bertz CT molecular complexity index is 172. The van der Waals surface area contributed by atoms with Crippen molar-refractivity contribution in [2.45, 2.75) is 13.0 Å². The van der Waals surface area contributed by atoms with Gasteiger partial charge in [-0.25, -0.2) is 0 Å². The average molecular weight is 172 g/mol. The minimum atomic E-state index is 0.126. The molecule has 1 atom stereocenters. The van der Waals surface area contributed by atoms with Gasteiger partial charge >= 0.3 is 0 Å². The number of β-amino-alcohol motifs (C(OH)–C–C–N with tert-alkyl or cyclic N) is 1. The molecule has 0 aromatic carbocycles. The maximum Gasteiger partial charge on any atom is 0.236 e. The van der Waals surface area contributed by atoms with Gasteiger partial charge in [0.25, 0.3) is 0 Å². The Morgan fingerprint density at radius 2 is 2.33 bits per heavy atom. The summed E-state index contributed by atoms with van der Waals surface area (Å²) in [6.45, 7) is 4.00. The largest absolute Gasteiger partial charge is 0.395 e. The lowest BCUT2D eigenvalue weighted by Gasteiger charge is -2.37. The van der Waals surface area contributed by atoms with Gasteiger partial charge < -0.3 is 10.0 Å². The van der Waals surface area contributed by atoms with Crippen molar-refractivity contribution in [3.63, 3.8) is 0 Å². The SMILES string of the molecule is CC1CN(C)C(=O)CN1CCO. The van der Waals surface area contributed by atoms with E-state index in [4.69, 9.17) is 5.11 Å². The molecule has 1 fully saturated rings. The average Bonchev–Trinajstić information content (AvgIpc) is 2.01. The zero-order chi connectivity index (χ0) is 9.14. The number of likely N-dealkylation sites (N-methyl/N-ethyl adjacent to an activating group) is 1. The van der Waals surface area contributed by atoms with Crippen molar-refractivity contribution in [3.8, 4) is 0 Å². The second-order valence-corrected chi connectivity index (χ2v) is 3.32. The molecule has 1 unspecified atom stereocenters. The van der Waals surface area contributed by atoms with E-state index in [1.807, 2.05) is 11.9 Å². The summed E-state index contributed by atoms with van der Waals surface area (Å²) < 4.78 is 0. The maximum absolute atomic E-state index is 11.2. The van der Waals surface area contributed by atoms with Gasteiger partial charge in [0.2, 0.25) is 5.91 Å². The molecule has 1 saturated heterocycles. The topological polar surface area (TPSA) is 43.8 Å². The number of aliphatic hydroxyl groups excluding tert-OH is 1. The van der Waals surface area contributed by atoms with Crippen LogP contribution in [0, 0.1) is 0 Å². The highest BCUT2D eigenvalue weighted by Crippen LogP contribution is 2.07. The number of rotatable bonds is 2. The molecule has 70 valence electrons. The number of carbonyl (C=O) groups excluding carboxylic acids is 1. The van der Waals surface area contributed by atoms with E-state index in [2.05, 4.69) is 6.92 Å². The Kier molecular flexibility index (Phi) is 3.05. The van der Waals surface area contributed by atoms with Crippen molar-refractivity contribution < 1.29 is 9.90 Å². The lowest BCUT2D eigenvalue weighted by atomic mass is 10.2. The van der Waals surface area contributed by atoms with Crippen LogP contribution in [0.4, 0.5) is 0 Å². The van der Waals surface area contributed by atoms with Gasteiger partial charge in [0, 0.05) is 26.2 Å². The van der Waals surface area contributed by atoms with E-state index in [9.17, 15) is 4.79 Å². The molecule has 12 heavy (non-hydrogen) atoms. The van der Waals surface area contributed by atoms with Crippen LogP contribution in [0.1, 0.15) is 6.92 Å². The highest BCUT2D eigenvalue weighted by molar-refractivity contribution is 5.78. The lowest BCUT2D eigenvalue weighted by molar-refractivity contribution is -0.136. The molecule has 1 rings (SSSR count). The van der Waals surface area contributed by atoms with Gasteiger partial charge in [-0.05, 0) is 6.92 Å². The van der Waals surface area contributed by atoms with E-state index in [-0.39, 0.29) is 12.5 Å². The first-order valence-corrected chi connectivity index (χ1v) is 4.24. The summed E-state index contributed by atoms with van der Waals surface area (Å²) in [4.78, 5) is 15.0. The van der Waals surface area contributed by atoms with Crippen molar-refractivity contribution in [1.29, 1.82) is 0 Å². The number of piperazine rings is 1. The molecule has 0 aliphatic carbocycles. The third-order valence-electron chi connectivity index (χ3n) is 2.31. The van der Waals surface area contributed by atoms with Gasteiger partial charge in [-0.3, -0.25) is 9.69 Å². The van der Waals surface area contributed by atoms with Crippen molar-refractivity contribution in [1.82, 2.24) is 9.80 Å². The van der Waals surface area contributed by atoms with E-state index in [1.165, 1.54) is 0 Å². The summed E-state index contributed by atoms with van der Waals surface area (Å²) >= 11 is 0. The number of amides is 1. The second-order valence-electron chi connectivity index (χ2n) is 3.32. The van der Waals surface area contributed by atoms with Crippen LogP contribution in [0.2, 0.25) is 0 Å². The fourth-order valence-corrected chi connectivity index (χ4v) is 1.49. The van der Waals surface area contributed by atoms with Crippen molar-refractivity contribution in [2.24, 2.45) is 0 Å². The summed E-state index contributed by atoms with van der Waals surface area (Å²) in [7, 11) is 1.81. The second kappa shape index (κ2) is 3.87. The van der Waals surface area contributed by atoms with Gasteiger partial charge in [0.1, 0.15) is 0 Å². The molecule has 1 amide bonds. The molecular formula is C8H16N2O2. The van der Waals surface area contributed by atoms with E-state index in [0.717, 1.165) is 6.54 Å². The zero-order valence-corrected chi connectivity index (χ0v) is 7.66. The van der Waals surface area contributed by atoms with Crippen LogP contribution in [-0.4, -0.2) is 60.1 Å². The van der Waals surface area contributed by atoms with Gasteiger partial charge in [0.15, 0.2) is 0 Å². The summed E-state index contributed by atoms with van der Waals surface area (Å²) in [6.07, 6.45) is 0. The number of aliphatic hydroxyl groups is 1. The minimum absolute atomic E-state index is 0.126. The van der Waals surface area contributed by atoms with Gasteiger partial charge in [0.05, 0.1) is 13.2 Å². The van der Waals surface area contributed by atoms with Crippen LogP contribution in [-0.2, 0) is 4.79 Å². The first kappa shape index (κ1) is 9.48. The summed E-state index contributed by atoms with van der Waals surface area (Å²) in [5.74, 6) is 0.140. The quantitative estimate of drug-likeness (QED) is 0.589. The molecule has 0 aromatic rings. The normalized spacial score (nSPS) is 26.4. The molecule has 0 aromatic heterocycles. The Labute approximate surface area is 72.8 Å². The molecule has 1 aliphatic rings.